The van der Waals surface area contributed by atoms with Gasteiger partial charge in [0.15, 0.2) is 12.4 Å². The Morgan fingerprint density at radius 2 is 1.93 bits per heavy atom. The molecule has 30 heavy (non-hydrogen) atoms. The number of Topliss-reactive ketones (excluding diaryl/α,β-unsaturated/α-hetero) is 1. The monoisotopic (exact) mass is 414 g/mol. The van der Waals surface area contributed by atoms with Crippen LogP contribution in [0.1, 0.15) is 68.3 Å². The highest BCUT2D eigenvalue weighted by molar-refractivity contribution is 6.09. The molecule has 162 valence electrons. The second-order valence-corrected chi connectivity index (χ2v) is 8.32. The zero-order valence-corrected chi connectivity index (χ0v) is 17.7. The quantitative estimate of drug-likeness (QED) is 0.400. The summed E-state index contributed by atoms with van der Waals surface area (Å²) in [5, 5.41) is 2.80. The summed E-state index contributed by atoms with van der Waals surface area (Å²) >= 11 is 0. The lowest BCUT2D eigenvalue weighted by Crippen LogP contribution is -2.54. The molecule has 7 nitrogen and oxygen atoms in total. The molecule has 3 amide bonds. The lowest BCUT2D eigenvalue weighted by Gasteiger charge is -2.36. The van der Waals surface area contributed by atoms with E-state index in [0.29, 0.717) is 12.0 Å². The van der Waals surface area contributed by atoms with Gasteiger partial charge < -0.3 is 10.1 Å². The fourth-order valence-electron chi connectivity index (χ4n) is 4.28. The highest BCUT2D eigenvalue weighted by Gasteiger charge is 2.55. The number of aryl methyl sites for hydroxylation is 1. The normalized spacial score (nSPS) is 23.5. The van der Waals surface area contributed by atoms with Crippen LogP contribution in [0, 0.1) is 5.92 Å². The Morgan fingerprint density at radius 1 is 1.20 bits per heavy atom. The Morgan fingerprint density at radius 3 is 2.60 bits per heavy atom. The van der Waals surface area contributed by atoms with E-state index >= 15 is 0 Å². The standard InChI is InChI=1S/C23H30N2O5/c1-3-4-8-17-9-11-18(12-10-17)19(26)15-30-20(27)14-25-21(28)23(24-22(25)29)13-6-5-7-16(23)2/h9-12,16H,3-8,13-15H2,1-2H3,(H,24,29)/t16-,23-/m1/s1. The van der Waals surface area contributed by atoms with Crippen molar-refractivity contribution in [3.8, 4) is 0 Å². The van der Waals surface area contributed by atoms with Gasteiger partial charge in [-0.3, -0.25) is 19.3 Å². The summed E-state index contributed by atoms with van der Waals surface area (Å²) in [6.45, 7) is 3.17. The van der Waals surface area contributed by atoms with Gasteiger partial charge in [0.2, 0.25) is 0 Å². The highest BCUT2D eigenvalue weighted by atomic mass is 16.5. The van der Waals surface area contributed by atoms with Crippen molar-refractivity contribution in [1.82, 2.24) is 10.2 Å². The maximum absolute atomic E-state index is 12.9. The van der Waals surface area contributed by atoms with Crippen LogP contribution in [0.5, 0.6) is 0 Å². The predicted molar refractivity (Wildman–Crippen MR) is 111 cm³/mol. The molecule has 2 aliphatic rings. The van der Waals surface area contributed by atoms with Crippen LogP contribution >= 0.6 is 0 Å². The molecule has 1 aromatic rings. The van der Waals surface area contributed by atoms with Crippen LogP contribution in [0.4, 0.5) is 4.79 Å². The summed E-state index contributed by atoms with van der Waals surface area (Å²) in [6.07, 6.45) is 6.48. The minimum atomic E-state index is -0.912. The van der Waals surface area contributed by atoms with Crippen LogP contribution in [0.2, 0.25) is 0 Å². The predicted octanol–water partition coefficient (Wildman–Crippen LogP) is 3.26. The van der Waals surface area contributed by atoms with Gasteiger partial charge in [-0.15, -0.1) is 0 Å². The summed E-state index contributed by atoms with van der Waals surface area (Å²) in [7, 11) is 0. The molecule has 1 aliphatic carbocycles. The van der Waals surface area contributed by atoms with Gasteiger partial charge in [0.25, 0.3) is 5.91 Å². The number of rotatable bonds is 8. The molecule has 7 heteroatoms. The van der Waals surface area contributed by atoms with E-state index in [4.69, 9.17) is 4.74 Å². The van der Waals surface area contributed by atoms with Crippen molar-refractivity contribution in [2.24, 2.45) is 5.92 Å². The largest absolute Gasteiger partial charge is 0.456 e. The zero-order chi connectivity index (χ0) is 21.7. The lowest BCUT2D eigenvalue weighted by molar-refractivity contribution is -0.147. The van der Waals surface area contributed by atoms with Gasteiger partial charge in [0, 0.05) is 5.56 Å². The maximum atomic E-state index is 12.9. The molecule has 0 radical (unpaired) electrons. The molecule has 2 fully saturated rings. The molecule has 2 atom stereocenters. The van der Waals surface area contributed by atoms with Gasteiger partial charge in [0.1, 0.15) is 12.1 Å². The van der Waals surface area contributed by atoms with E-state index in [-0.39, 0.29) is 17.6 Å². The number of esters is 1. The Hall–Kier alpha value is -2.70. The lowest BCUT2D eigenvalue weighted by atomic mass is 9.73. The summed E-state index contributed by atoms with van der Waals surface area (Å²) in [5.74, 6) is -1.44. The van der Waals surface area contributed by atoms with Crippen LogP contribution in [0.15, 0.2) is 24.3 Å². The molecular weight excluding hydrogens is 384 g/mol. The van der Waals surface area contributed by atoms with Crippen LogP contribution in [0.3, 0.4) is 0 Å². The fourth-order valence-corrected chi connectivity index (χ4v) is 4.28. The number of benzene rings is 1. The van der Waals surface area contributed by atoms with Crippen LogP contribution in [0.25, 0.3) is 0 Å². The van der Waals surface area contributed by atoms with Gasteiger partial charge in [0.05, 0.1) is 0 Å². The second kappa shape index (κ2) is 9.41. The summed E-state index contributed by atoms with van der Waals surface area (Å²) in [4.78, 5) is 50.6. The molecule has 1 saturated carbocycles. The zero-order valence-electron chi connectivity index (χ0n) is 17.7. The van der Waals surface area contributed by atoms with E-state index in [9.17, 15) is 19.2 Å². The average Bonchev–Trinajstić information content (AvgIpc) is 2.98. The van der Waals surface area contributed by atoms with E-state index in [2.05, 4.69) is 12.2 Å². The van der Waals surface area contributed by atoms with E-state index in [1.54, 1.807) is 12.1 Å². The molecule has 1 spiro atoms. The van der Waals surface area contributed by atoms with Crippen molar-refractivity contribution < 1.29 is 23.9 Å². The number of hydrogen-bond acceptors (Lipinski definition) is 5. The van der Waals surface area contributed by atoms with Crippen molar-refractivity contribution >= 4 is 23.7 Å². The summed E-state index contributed by atoms with van der Waals surface area (Å²) in [6, 6.07) is 6.70. The molecule has 3 rings (SSSR count). The van der Waals surface area contributed by atoms with E-state index in [1.165, 1.54) is 0 Å². The number of amides is 3. The number of unbranched alkanes of at least 4 members (excludes halogenated alkanes) is 1. The average molecular weight is 415 g/mol. The highest BCUT2D eigenvalue weighted by Crippen LogP contribution is 2.38. The van der Waals surface area contributed by atoms with Crippen molar-refractivity contribution in [1.29, 1.82) is 0 Å². The molecule has 1 heterocycles. The molecular formula is C23H30N2O5. The fraction of sp³-hybridized carbons (Fsp3) is 0.565. The molecule has 1 aromatic carbocycles. The Bertz CT molecular complexity index is 819. The third kappa shape index (κ3) is 4.55. The number of ether oxygens (including phenoxy) is 1. The molecule has 1 saturated heterocycles. The van der Waals surface area contributed by atoms with Crippen LogP contribution in [-0.2, 0) is 20.7 Å². The van der Waals surface area contributed by atoms with E-state index in [0.717, 1.165) is 49.0 Å². The number of hydrogen-bond donors (Lipinski definition) is 1. The number of nitrogens with one attached hydrogen (secondary N) is 1. The van der Waals surface area contributed by atoms with Gasteiger partial charge in [-0.2, -0.15) is 0 Å². The van der Waals surface area contributed by atoms with Gasteiger partial charge in [-0.1, -0.05) is 57.4 Å². The Kier molecular flexibility index (Phi) is 6.90. The first-order valence-corrected chi connectivity index (χ1v) is 10.8. The summed E-state index contributed by atoms with van der Waals surface area (Å²) in [5.41, 5.74) is 0.716. The summed E-state index contributed by atoms with van der Waals surface area (Å²) < 4.78 is 5.05. The van der Waals surface area contributed by atoms with Crippen molar-refractivity contribution in [3.63, 3.8) is 0 Å². The molecule has 0 bridgehead atoms. The van der Waals surface area contributed by atoms with Crippen molar-refractivity contribution in [2.75, 3.05) is 13.2 Å². The third-order valence-corrected chi connectivity index (χ3v) is 6.25. The Balaban J connectivity index is 1.52. The van der Waals surface area contributed by atoms with Crippen LogP contribution in [-0.4, -0.2) is 47.3 Å². The first-order valence-electron chi connectivity index (χ1n) is 10.8. The third-order valence-electron chi connectivity index (χ3n) is 6.25. The number of carbonyl (C=O) groups is 4. The van der Waals surface area contributed by atoms with E-state index < -0.39 is 30.7 Å². The number of nitrogens with zero attached hydrogens (tertiary/aromatic N) is 1. The smallest absolute Gasteiger partial charge is 0.326 e. The number of ketones is 1. The van der Waals surface area contributed by atoms with Gasteiger partial charge in [-0.05, 0) is 37.2 Å². The molecule has 0 unspecified atom stereocenters. The number of imide groups is 1. The van der Waals surface area contributed by atoms with E-state index in [1.807, 2.05) is 19.1 Å². The second-order valence-electron chi connectivity index (χ2n) is 8.32. The topological polar surface area (TPSA) is 92.8 Å². The minimum Gasteiger partial charge on any atom is -0.456 e. The number of carbonyl (C=O) groups excluding carboxylic acids is 4. The SMILES string of the molecule is CCCCc1ccc(C(=O)COC(=O)CN2C(=O)N[C@@]3(CCCC[C@H]3C)C2=O)cc1. The van der Waals surface area contributed by atoms with Crippen LogP contribution < -0.4 is 5.32 Å². The first-order chi connectivity index (χ1) is 14.4. The number of urea groups is 1. The van der Waals surface area contributed by atoms with Gasteiger partial charge in [-0.25, -0.2) is 4.79 Å². The first kappa shape index (κ1) is 22.0. The minimum absolute atomic E-state index is 0.0191. The van der Waals surface area contributed by atoms with Crippen molar-refractivity contribution in [2.45, 2.75) is 64.3 Å². The molecule has 1 N–H and O–H groups in total. The molecule has 0 aromatic heterocycles. The van der Waals surface area contributed by atoms with Crippen molar-refractivity contribution in [3.05, 3.63) is 35.4 Å². The Labute approximate surface area is 177 Å². The molecule has 1 aliphatic heterocycles. The van der Waals surface area contributed by atoms with Gasteiger partial charge >= 0.3 is 12.0 Å². The maximum Gasteiger partial charge on any atom is 0.326 e.